The third kappa shape index (κ3) is 1.52. The highest BCUT2D eigenvalue weighted by molar-refractivity contribution is 9.09. The summed E-state index contributed by atoms with van der Waals surface area (Å²) < 4.78 is 0. The molecule has 0 saturated carbocycles. The van der Waals surface area contributed by atoms with Crippen LogP contribution >= 0.6 is 15.9 Å². The van der Waals surface area contributed by atoms with Crippen LogP contribution in [0.1, 0.15) is 38.5 Å². The lowest BCUT2D eigenvalue weighted by molar-refractivity contribution is 0.643. The van der Waals surface area contributed by atoms with E-state index in [9.17, 15) is 0 Å². The number of hydrogen-bond acceptors (Lipinski definition) is 0. The Labute approximate surface area is 82.9 Å². The fourth-order valence-corrected chi connectivity index (χ4v) is 2.88. The van der Waals surface area contributed by atoms with Gasteiger partial charge in [0.25, 0.3) is 0 Å². The second-order valence-electron chi connectivity index (χ2n) is 3.69. The molecule has 66 valence electrons. The summed E-state index contributed by atoms with van der Waals surface area (Å²) in [5.74, 6) is 0. The molecule has 12 heavy (non-hydrogen) atoms. The number of allylic oxidation sites excluding steroid dienone is 4. The minimum Gasteiger partial charge on any atom is -0.0876 e. The molecule has 0 fully saturated rings. The minimum absolute atomic E-state index is 1.06. The second kappa shape index (κ2) is 3.78. The van der Waals surface area contributed by atoms with Crippen molar-refractivity contribution in [3.8, 4) is 0 Å². The predicted molar refractivity (Wildman–Crippen MR) is 56.6 cm³/mol. The van der Waals surface area contributed by atoms with Gasteiger partial charge in [0.15, 0.2) is 0 Å². The van der Waals surface area contributed by atoms with Gasteiger partial charge in [0.1, 0.15) is 0 Å². The summed E-state index contributed by atoms with van der Waals surface area (Å²) in [7, 11) is 0. The molecule has 0 aliphatic heterocycles. The molecule has 0 amide bonds. The summed E-state index contributed by atoms with van der Waals surface area (Å²) in [5.41, 5.74) is 5.04. The molecular weight excluding hydrogens is 212 g/mol. The molecule has 2 aliphatic carbocycles. The van der Waals surface area contributed by atoms with Crippen LogP contribution < -0.4 is 0 Å². The summed E-state index contributed by atoms with van der Waals surface area (Å²) in [5, 5.41) is 1.06. The zero-order chi connectivity index (χ0) is 8.39. The molecule has 0 nitrogen and oxygen atoms in total. The first kappa shape index (κ1) is 8.55. The first-order valence-corrected chi connectivity index (χ1v) is 6.00. The molecule has 0 aromatic heterocycles. The molecule has 0 radical (unpaired) electrons. The largest absolute Gasteiger partial charge is 0.0876 e. The summed E-state index contributed by atoms with van der Waals surface area (Å²) >= 11 is 3.57. The number of rotatable bonds is 1. The van der Waals surface area contributed by atoms with Crippen LogP contribution in [0, 0.1) is 0 Å². The van der Waals surface area contributed by atoms with Crippen molar-refractivity contribution in [1.29, 1.82) is 0 Å². The van der Waals surface area contributed by atoms with E-state index in [1.54, 1.807) is 16.7 Å². The quantitative estimate of drug-likeness (QED) is 0.594. The lowest BCUT2D eigenvalue weighted by Crippen LogP contribution is -2.07. The molecule has 0 aromatic carbocycles. The summed E-state index contributed by atoms with van der Waals surface area (Å²) in [6.07, 6.45) is 10.6. The molecule has 0 unspecified atom stereocenters. The van der Waals surface area contributed by atoms with Crippen molar-refractivity contribution in [3.05, 3.63) is 22.8 Å². The van der Waals surface area contributed by atoms with Gasteiger partial charge in [0.2, 0.25) is 0 Å². The van der Waals surface area contributed by atoms with Crippen molar-refractivity contribution < 1.29 is 0 Å². The van der Waals surface area contributed by atoms with Gasteiger partial charge in [-0.3, -0.25) is 0 Å². The van der Waals surface area contributed by atoms with Crippen molar-refractivity contribution in [2.24, 2.45) is 0 Å². The van der Waals surface area contributed by atoms with E-state index in [0.29, 0.717) is 0 Å². The van der Waals surface area contributed by atoms with Gasteiger partial charge in [-0.05, 0) is 49.7 Å². The number of alkyl halides is 1. The van der Waals surface area contributed by atoms with Crippen LogP contribution in [0.5, 0.6) is 0 Å². The molecule has 0 N–H and O–H groups in total. The van der Waals surface area contributed by atoms with Crippen molar-refractivity contribution >= 4 is 15.9 Å². The average Bonchev–Trinajstić information content (AvgIpc) is 2.17. The summed E-state index contributed by atoms with van der Waals surface area (Å²) in [6.45, 7) is 0. The maximum Gasteiger partial charge on any atom is 0.0282 e. The standard InChI is InChI=1S/C11H15Br/c12-8-10-6-3-5-9-4-1-2-7-11(9)10/h6H,1-5,7-8H2. The second-order valence-corrected chi connectivity index (χ2v) is 4.25. The van der Waals surface area contributed by atoms with Gasteiger partial charge < -0.3 is 0 Å². The van der Waals surface area contributed by atoms with E-state index in [2.05, 4.69) is 22.0 Å². The Balaban J connectivity index is 2.26. The summed E-state index contributed by atoms with van der Waals surface area (Å²) in [6, 6.07) is 0. The van der Waals surface area contributed by atoms with E-state index >= 15 is 0 Å². The summed E-state index contributed by atoms with van der Waals surface area (Å²) in [4.78, 5) is 0. The Bertz CT molecular complexity index is 235. The van der Waals surface area contributed by atoms with E-state index in [0.717, 1.165) is 5.33 Å². The third-order valence-corrected chi connectivity index (χ3v) is 3.55. The Hall–Kier alpha value is -0.0400. The van der Waals surface area contributed by atoms with E-state index in [1.807, 2.05) is 0 Å². The highest BCUT2D eigenvalue weighted by Gasteiger charge is 2.17. The molecule has 0 atom stereocenters. The van der Waals surface area contributed by atoms with E-state index in [1.165, 1.54) is 38.5 Å². The number of halogens is 1. The van der Waals surface area contributed by atoms with E-state index < -0.39 is 0 Å². The SMILES string of the molecule is BrCC1=CCCC2=C1CCCC2. The molecular formula is C11H15Br. The first-order valence-electron chi connectivity index (χ1n) is 4.88. The monoisotopic (exact) mass is 226 g/mol. The van der Waals surface area contributed by atoms with Gasteiger partial charge in [-0.25, -0.2) is 0 Å². The number of hydrogen-bond donors (Lipinski definition) is 0. The third-order valence-electron chi connectivity index (χ3n) is 2.95. The highest BCUT2D eigenvalue weighted by Crippen LogP contribution is 2.36. The molecule has 2 aliphatic rings. The van der Waals surface area contributed by atoms with Gasteiger partial charge in [-0.15, -0.1) is 0 Å². The smallest absolute Gasteiger partial charge is 0.0282 e. The molecule has 0 aromatic rings. The maximum absolute atomic E-state index is 3.57. The van der Waals surface area contributed by atoms with Crippen molar-refractivity contribution in [2.75, 3.05) is 5.33 Å². The zero-order valence-corrected chi connectivity index (χ0v) is 8.99. The lowest BCUT2D eigenvalue weighted by Gasteiger charge is -2.25. The molecule has 0 bridgehead atoms. The molecule has 0 spiro atoms. The topological polar surface area (TPSA) is 0 Å². The van der Waals surface area contributed by atoms with E-state index in [-0.39, 0.29) is 0 Å². The minimum atomic E-state index is 1.06. The van der Waals surface area contributed by atoms with Crippen LogP contribution in [0.3, 0.4) is 0 Å². The predicted octanol–water partition coefficient (Wildman–Crippen LogP) is 3.97. The van der Waals surface area contributed by atoms with Crippen molar-refractivity contribution in [2.45, 2.75) is 38.5 Å². The van der Waals surface area contributed by atoms with Crippen LogP contribution in [0.15, 0.2) is 22.8 Å². The van der Waals surface area contributed by atoms with Gasteiger partial charge in [-0.2, -0.15) is 0 Å². The van der Waals surface area contributed by atoms with Gasteiger partial charge in [0.05, 0.1) is 0 Å². The van der Waals surface area contributed by atoms with Crippen LogP contribution in [0.2, 0.25) is 0 Å². The fraction of sp³-hybridized carbons (Fsp3) is 0.636. The van der Waals surface area contributed by atoms with Crippen LogP contribution in [-0.2, 0) is 0 Å². The highest BCUT2D eigenvalue weighted by atomic mass is 79.9. The van der Waals surface area contributed by atoms with Gasteiger partial charge >= 0.3 is 0 Å². The van der Waals surface area contributed by atoms with E-state index in [4.69, 9.17) is 0 Å². The Morgan fingerprint density at radius 3 is 2.83 bits per heavy atom. The molecule has 2 rings (SSSR count). The van der Waals surface area contributed by atoms with Gasteiger partial charge in [-0.1, -0.05) is 27.6 Å². The van der Waals surface area contributed by atoms with Gasteiger partial charge in [0, 0.05) is 5.33 Å². The maximum atomic E-state index is 3.57. The van der Waals surface area contributed by atoms with Crippen LogP contribution in [0.25, 0.3) is 0 Å². The lowest BCUT2D eigenvalue weighted by atomic mass is 9.82. The van der Waals surface area contributed by atoms with Crippen LogP contribution in [0.4, 0.5) is 0 Å². The first-order chi connectivity index (χ1) is 5.92. The zero-order valence-electron chi connectivity index (χ0n) is 7.41. The molecule has 1 heteroatoms. The fourth-order valence-electron chi connectivity index (χ4n) is 2.31. The Morgan fingerprint density at radius 2 is 2.00 bits per heavy atom. The Morgan fingerprint density at radius 1 is 1.17 bits per heavy atom. The molecule has 0 heterocycles. The molecule has 0 saturated heterocycles. The van der Waals surface area contributed by atoms with Crippen LogP contribution in [-0.4, -0.2) is 5.33 Å². The Kier molecular flexibility index (Phi) is 2.69. The van der Waals surface area contributed by atoms with Crippen molar-refractivity contribution in [3.63, 3.8) is 0 Å². The average molecular weight is 227 g/mol. The normalized spacial score (nSPS) is 23.6. The van der Waals surface area contributed by atoms with Crippen molar-refractivity contribution in [1.82, 2.24) is 0 Å².